The molecule has 0 heterocycles. The van der Waals surface area contributed by atoms with Crippen LogP contribution in [0.3, 0.4) is 0 Å². The van der Waals surface area contributed by atoms with Gasteiger partial charge in [0.2, 0.25) is 0 Å². The number of hydrogen-bond acceptors (Lipinski definition) is 0. The van der Waals surface area contributed by atoms with Gasteiger partial charge in [0.15, 0.2) is 0 Å². The Balaban J connectivity index is 0. The third kappa shape index (κ3) is 6.77. The van der Waals surface area contributed by atoms with Gasteiger partial charge in [-0.05, 0) is 5.92 Å². The summed E-state index contributed by atoms with van der Waals surface area (Å²) in [4.78, 5) is 0. The van der Waals surface area contributed by atoms with Crippen molar-refractivity contribution in [1.82, 2.24) is 0 Å². The van der Waals surface area contributed by atoms with E-state index in [0.29, 0.717) is 0 Å². The van der Waals surface area contributed by atoms with Gasteiger partial charge < -0.3 is 7.43 Å². The molecular weight excluding hydrogens is 159 g/mol. The molecule has 0 amide bonds. The maximum Gasteiger partial charge on any atom is 1.00 e. The predicted molar refractivity (Wildman–Crippen MR) is 47.9 cm³/mol. The molecule has 62 valence electrons. The van der Waals surface area contributed by atoms with Crippen molar-refractivity contribution in [2.75, 3.05) is 0 Å². The van der Waals surface area contributed by atoms with Crippen molar-refractivity contribution < 1.29 is 51.4 Å². The van der Waals surface area contributed by atoms with E-state index in [0.717, 1.165) is 5.92 Å². The Labute approximate surface area is 115 Å². The van der Waals surface area contributed by atoms with E-state index in [4.69, 9.17) is 0 Å². The monoisotopic (exact) mass is 180 g/mol. The smallest absolute Gasteiger partial charge is 0.358 e. The molecule has 0 unspecified atom stereocenters. The Kier molecular flexibility index (Phi) is 13.4. The minimum absolute atomic E-state index is 0. The van der Waals surface area contributed by atoms with E-state index in [1.165, 1.54) is 44.9 Å². The van der Waals surface area contributed by atoms with Crippen LogP contribution in [-0.4, -0.2) is 0 Å². The van der Waals surface area contributed by atoms with Crippen LogP contribution in [0.2, 0.25) is 0 Å². The van der Waals surface area contributed by atoms with E-state index in [-0.39, 0.29) is 58.8 Å². The van der Waals surface area contributed by atoms with E-state index < -0.39 is 0 Å². The SMILES string of the molecule is CCCCC1CCCC1.[CH3-].[K+]. The summed E-state index contributed by atoms with van der Waals surface area (Å²) < 4.78 is 0. The second-order valence-electron chi connectivity index (χ2n) is 3.29. The van der Waals surface area contributed by atoms with E-state index in [1.54, 1.807) is 0 Å². The zero-order chi connectivity index (χ0) is 6.53. The standard InChI is InChI=1S/C9H18.CH3.K/c1-2-3-6-9-7-4-5-8-9;;/h9H,2-8H2,1H3;1H3;/q;-1;+1. The van der Waals surface area contributed by atoms with Crippen molar-refractivity contribution in [3.8, 4) is 0 Å². The van der Waals surface area contributed by atoms with Crippen LogP contribution in [0.4, 0.5) is 0 Å². The molecule has 0 atom stereocenters. The minimum atomic E-state index is 0. The van der Waals surface area contributed by atoms with Gasteiger partial charge in [0.05, 0.1) is 0 Å². The molecule has 0 bridgehead atoms. The Morgan fingerprint density at radius 2 is 1.73 bits per heavy atom. The van der Waals surface area contributed by atoms with Crippen molar-refractivity contribution >= 4 is 0 Å². The molecule has 0 spiro atoms. The molecule has 0 aromatic heterocycles. The molecule has 0 nitrogen and oxygen atoms in total. The second kappa shape index (κ2) is 9.72. The van der Waals surface area contributed by atoms with Crippen LogP contribution in [-0.2, 0) is 0 Å². The first kappa shape index (κ1) is 15.1. The maximum absolute atomic E-state index is 2.29. The van der Waals surface area contributed by atoms with Crippen LogP contribution < -0.4 is 51.4 Å². The summed E-state index contributed by atoms with van der Waals surface area (Å²) in [6, 6.07) is 0. The van der Waals surface area contributed by atoms with Crippen LogP contribution in [0.15, 0.2) is 0 Å². The summed E-state index contributed by atoms with van der Waals surface area (Å²) in [5, 5.41) is 0. The molecular formula is C10H21K. The molecule has 11 heavy (non-hydrogen) atoms. The van der Waals surface area contributed by atoms with Gasteiger partial charge in [0.25, 0.3) is 0 Å². The van der Waals surface area contributed by atoms with Crippen molar-refractivity contribution in [1.29, 1.82) is 0 Å². The first-order valence-electron chi connectivity index (χ1n) is 4.43. The van der Waals surface area contributed by atoms with Gasteiger partial charge in [-0.15, -0.1) is 0 Å². The first-order chi connectivity index (χ1) is 4.43. The normalized spacial score (nSPS) is 17.2. The molecule has 1 heteroatoms. The van der Waals surface area contributed by atoms with Crippen LogP contribution >= 0.6 is 0 Å². The number of rotatable bonds is 3. The Bertz CT molecular complexity index is 65.3. The fourth-order valence-corrected chi connectivity index (χ4v) is 1.79. The van der Waals surface area contributed by atoms with E-state index >= 15 is 0 Å². The molecule has 1 aliphatic rings. The molecule has 0 radical (unpaired) electrons. The van der Waals surface area contributed by atoms with Gasteiger partial charge in [-0.25, -0.2) is 0 Å². The molecule has 1 rings (SSSR count). The van der Waals surface area contributed by atoms with Crippen LogP contribution in [0, 0.1) is 13.3 Å². The second-order valence-corrected chi connectivity index (χ2v) is 3.29. The van der Waals surface area contributed by atoms with Crippen LogP contribution in [0.1, 0.15) is 51.9 Å². The van der Waals surface area contributed by atoms with Gasteiger partial charge in [-0.1, -0.05) is 51.9 Å². The third-order valence-corrected chi connectivity index (χ3v) is 2.44. The maximum atomic E-state index is 2.29. The summed E-state index contributed by atoms with van der Waals surface area (Å²) in [5.41, 5.74) is 0. The van der Waals surface area contributed by atoms with Crippen LogP contribution in [0.5, 0.6) is 0 Å². The summed E-state index contributed by atoms with van der Waals surface area (Å²) in [6.45, 7) is 2.29. The summed E-state index contributed by atoms with van der Waals surface area (Å²) in [5.74, 6) is 1.12. The first-order valence-corrected chi connectivity index (χ1v) is 4.43. The average molecular weight is 180 g/mol. The predicted octanol–water partition coefficient (Wildman–Crippen LogP) is 0.821. The van der Waals surface area contributed by atoms with Crippen LogP contribution in [0.25, 0.3) is 0 Å². The third-order valence-electron chi connectivity index (χ3n) is 2.44. The molecule has 0 aromatic carbocycles. The van der Waals surface area contributed by atoms with Gasteiger partial charge in [0.1, 0.15) is 0 Å². The van der Waals surface area contributed by atoms with Crippen molar-refractivity contribution in [2.45, 2.75) is 51.9 Å². The Hall–Kier alpha value is 1.64. The molecule has 0 aliphatic heterocycles. The molecule has 0 N–H and O–H groups in total. The fourth-order valence-electron chi connectivity index (χ4n) is 1.79. The zero-order valence-corrected chi connectivity index (χ0v) is 11.7. The largest absolute Gasteiger partial charge is 1.00 e. The Morgan fingerprint density at radius 3 is 2.18 bits per heavy atom. The fraction of sp³-hybridized carbons (Fsp3) is 0.900. The van der Waals surface area contributed by atoms with Gasteiger partial charge in [-0.2, -0.15) is 0 Å². The number of unbranched alkanes of at least 4 members (excludes halogenated alkanes) is 1. The van der Waals surface area contributed by atoms with Crippen molar-refractivity contribution in [3.63, 3.8) is 0 Å². The van der Waals surface area contributed by atoms with Crippen molar-refractivity contribution in [2.24, 2.45) is 5.92 Å². The Morgan fingerprint density at radius 1 is 1.18 bits per heavy atom. The molecule has 1 fully saturated rings. The minimum Gasteiger partial charge on any atom is -0.358 e. The zero-order valence-electron chi connectivity index (χ0n) is 8.53. The molecule has 1 aliphatic carbocycles. The van der Waals surface area contributed by atoms with E-state index in [9.17, 15) is 0 Å². The van der Waals surface area contributed by atoms with Crippen molar-refractivity contribution in [3.05, 3.63) is 7.43 Å². The molecule has 0 aromatic rings. The van der Waals surface area contributed by atoms with E-state index in [2.05, 4.69) is 6.92 Å². The molecule has 0 saturated heterocycles. The summed E-state index contributed by atoms with van der Waals surface area (Å²) in [6.07, 6.45) is 10.4. The quantitative estimate of drug-likeness (QED) is 0.446. The van der Waals surface area contributed by atoms with Gasteiger partial charge in [-0.3, -0.25) is 0 Å². The van der Waals surface area contributed by atoms with Gasteiger partial charge in [0, 0.05) is 0 Å². The summed E-state index contributed by atoms with van der Waals surface area (Å²) >= 11 is 0. The number of hydrogen-bond donors (Lipinski definition) is 0. The topological polar surface area (TPSA) is 0 Å². The summed E-state index contributed by atoms with van der Waals surface area (Å²) in [7, 11) is 0. The van der Waals surface area contributed by atoms with Gasteiger partial charge >= 0.3 is 51.4 Å². The average Bonchev–Trinajstić information content (AvgIpc) is 2.34. The molecule has 1 saturated carbocycles. The van der Waals surface area contributed by atoms with E-state index in [1.807, 2.05) is 0 Å².